The fourth-order valence-electron chi connectivity index (χ4n) is 11.7. The van der Waals surface area contributed by atoms with E-state index >= 15 is 0 Å². The summed E-state index contributed by atoms with van der Waals surface area (Å²) in [5.74, 6) is 0. The molecule has 65 heavy (non-hydrogen) atoms. The highest BCUT2D eigenvalue weighted by molar-refractivity contribution is 6.13. The third kappa shape index (κ3) is 5.05. The Bertz CT molecular complexity index is 3860. The number of nitrogens with zero attached hydrogens (tertiary/aromatic N) is 2. The Labute approximate surface area is 377 Å². The molecule has 1 aliphatic carbocycles. The third-order valence-electron chi connectivity index (χ3n) is 14.3. The molecule has 302 valence electrons. The fourth-order valence-corrected chi connectivity index (χ4v) is 11.7. The first-order chi connectivity index (χ1) is 32.3. The zero-order valence-corrected chi connectivity index (χ0v) is 35.5. The van der Waals surface area contributed by atoms with Crippen LogP contribution < -0.4 is 4.90 Å². The van der Waals surface area contributed by atoms with Gasteiger partial charge in [0.1, 0.15) is 0 Å². The minimum atomic E-state index is -0.490. The Morgan fingerprint density at radius 3 is 1.74 bits per heavy atom. The molecule has 0 unspecified atom stereocenters. The van der Waals surface area contributed by atoms with Crippen molar-refractivity contribution in [2.75, 3.05) is 4.90 Å². The van der Waals surface area contributed by atoms with E-state index in [9.17, 15) is 0 Å². The molecule has 2 heterocycles. The third-order valence-corrected chi connectivity index (χ3v) is 14.3. The van der Waals surface area contributed by atoms with E-state index in [4.69, 9.17) is 0 Å². The van der Waals surface area contributed by atoms with Gasteiger partial charge in [-0.2, -0.15) is 0 Å². The first-order valence-electron chi connectivity index (χ1n) is 22.6. The maximum atomic E-state index is 2.56. The number of para-hydroxylation sites is 4. The van der Waals surface area contributed by atoms with Crippen molar-refractivity contribution >= 4 is 60.4 Å². The summed E-state index contributed by atoms with van der Waals surface area (Å²) < 4.78 is 2.56. The van der Waals surface area contributed by atoms with Gasteiger partial charge in [-0.05, 0) is 120 Å². The molecule has 1 aromatic heterocycles. The van der Waals surface area contributed by atoms with Crippen molar-refractivity contribution in [3.8, 4) is 39.1 Å². The van der Waals surface area contributed by atoms with Crippen molar-refractivity contribution < 1.29 is 0 Å². The Morgan fingerprint density at radius 1 is 0.323 bits per heavy atom. The lowest BCUT2D eigenvalue weighted by Gasteiger charge is -2.40. The lowest BCUT2D eigenvalue weighted by atomic mass is 9.65. The van der Waals surface area contributed by atoms with Crippen LogP contribution in [-0.4, -0.2) is 4.57 Å². The molecular formula is C63H40N2. The normalized spacial score (nSPS) is 13.0. The summed E-state index contributed by atoms with van der Waals surface area (Å²) in [6, 6.07) is 90.2. The predicted molar refractivity (Wildman–Crippen MR) is 272 cm³/mol. The molecule has 0 fully saturated rings. The highest BCUT2D eigenvalue weighted by atomic mass is 15.1. The summed E-state index contributed by atoms with van der Waals surface area (Å²) in [4.78, 5) is 2.43. The van der Waals surface area contributed by atoms with Crippen molar-refractivity contribution in [1.29, 1.82) is 0 Å². The quantitative estimate of drug-likeness (QED) is 0.157. The second kappa shape index (κ2) is 13.8. The number of benzene rings is 11. The van der Waals surface area contributed by atoms with Crippen LogP contribution in [0.2, 0.25) is 0 Å². The lowest BCUT2D eigenvalue weighted by molar-refractivity contribution is 0.748. The van der Waals surface area contributed by atoms with Gasteiger partial charge < -0.3 is 9.47 Å². The van der Waals surface area contributed by atoms with E-state index in [1.165, 1.54) is 93.5 Å². The average molecular weight is 825 g/mol. The van der Waals surface area contributed by atoms with Crippen LogP contribution in [0.15, 0.2) is 243 Å². The molecule has 0 radical (unpaired) electrons. The molecule has 0 N–H and O–H groups in total. The van der Waals surface area contributed by atoms with Crippen LogP contribution >= 0.6 is 0 Å². The number of rotatable bonds is 5. The number of hydrogen-bond donors (Lipinski definition) is 0. The SMILES string of the molecule is c1ccc(N(c2cccc(-c3ccc4ccc5ccccc5c4c3)c2)c2ccccc2-c2ccc3c(c2)-n2c4ccccc4c4cccc(c42)C32c3ccccc3-c3ccccc32)cc1. The summed E-state index contributed by atoms with van der Waals surface area (Å²) >= 11 is 0. The van der Waals surface area contributed by atoms with Gasteiger partial charge in [0, 0.05) is 27.7 Å². The van der Waals surface area contributed by atoms with Gasteiger partial charge in [-0.25, -0.2) is 0 Å². The molecule has 1 aliphatic heterocycles. The maximum Gasteiger partial charge on any atom is 0.0754 e. The van der Waals surface area contributed by atoms with E-state index in [1.54, 1.807) is 0 Å². The van der Waals surface area contributed by atoms with E-state index < -0.39 is 5.41 Å². The Kier molecular flexibility index (Phi) is 7.64. The van der Waals surface area contributed by atoms with Crippen molar-refractivity contribution in [2.45, 2.75) is 5.41 Å². The molecule has 0 saturated heterocycles. The molecule has 2 heteroatoms. The summed E-state index contributed by atoms with van der Waals surface area (Å²) in [6.45, 7) is 0. The molecule has 0 bridgehead atoms. The van der Waals surface area contributed by atoms with Gasteiger partial charge >= 0.3 is 0 Å². The molecule has 2 nitrogen and oxygen atoms in total. The Hall–Kier alpha value is -8.46. The second-order valence-electron chi connectivity index (χ2n) is 17.6. The first-order valence-corrected chi connectivity index (χ1v) is 22.6. The minimum absolute atomic E-state index is 0.490. The van der Waals surface area contributed by atoms with Crippen LogP contribution in [0, 0.1) is 0 Å². The van der Waals surface area contributed by atoms with Gasteiger partial charge in [-0.15, -0.1) is 0 Å². The molecule has 0 saturated carbocycles. The topological polar surface area (TPSA) is 8.17 Å². The molecule has 1 spiro atoms. The minimum Gasteiger partial charge on any atom is -0.310 e. The second-order valence-corrected chi connectivity index (χ2v) is 17.6. The van der Waals surface area contributed by atoms with Crippen molar-refractivity contribution in [3.63, 3.8) is 0 Å². The number of fused-ring (bicyclic) bond motifs is 15. The highest BCUT2D eigenvalue weighted by Gasteiger charge is 2.50. The van der Waals surface area contributed by atoms with Gasteiger partial charge in [0.25, 0.3) is 0 Å². The van der Waals surface area contributed by atoms with Gasteiger partial charge in [0.2, 0.25) is 0 Å². The molecule has 12 aromatic rings. The largest absolute Gasteiger partial charge is 0.310 e. The van der Waals surface area contributed by atoms with Gasteiger partial charge in [-0.1, -0.05) is 194 Å². The van der Waals surface area contributed by atoms with Crippen LogP contribution in [0.4, 0.5) is 17.1 Å². The lowest BCUT2D eigenvalue weighted by Crippen LogP contribution is -2.33. The average Bonchev–Trinajstić information content (AvgIpc) is 3.87. The van der Waals surface area contributed by atoms with E-state index in [-0.39, 0.29) is 0 Å². The van der Waals surface area contributed by atoms with E-state index in [1.807, 2.05) is 0 Å². The van der Waals surface area contributed by atoms with Gasteiger partial charge in [0.05, 0.1) is 27.8 Å². The Morgan fingerprint density at radius 2 is 0.908 bits per heavy atom. The summed E-state index contributed by atoms with van der Waals surface area (Å²) in [6.07, 6.45) is 0. The number of hydrogen-bond acceptors (Lipinski definition) is 1. The molecule has 0 atom stereocenters. The summed E-state index contributed by atoms with van der Waals surface area (Å²) in [5.41, 5.74) is 19.2. The standard InChI is InChI=1S/C63H40N2/c1-2-18-46(19-3-1)64(47-20-14-17-43(38-47)44-35-34-42-33-32-41-16-4-5-21-48(41)54(42)39-44)59-30-12-8-22-49(59)45-36-37-57-61(40-45)65-60-31-13-9-25-52(60)53-26-15-29-58(62(53)65)63(57)55-27-10-6-23-50(55)51-24-7-11-28-56(51)63/h1-40H. The highest BCUT2D eigenvalue weighted by Crippen LogP contribution is 2.61. The zero-order valence-electron chi connectivity index (χ0n) is 35.5. The van der Waals surface area contributed by atoms with Gasteiger partial charge in [-0.3, -0.25) is 0 Å². The van der Waals surface area contributed by atoms with Crippen molar-refractivity contribution in [2.24, 2.45) is 0 Å². The van der Waals surface area contributed by atoms with Crippen molar-refractivity contribution in [3.05, 3.63) is 265 Å². The molecule has 2 aliphatic rings. The fraction of sp³-hybridized carbons (Fsp3) is 0.0159. The van der Waals surface area contributed by atoms with Gasteiger partial charge in [0.15, 0.2) is 0 Å². The molecular weight excluding hydrogens is 785 g/mol. The first kappa shape index (κ1) is 36.1. The molecule has 14 rings (SSSR count). The van der Waals surface area contributed by atoms with Crippen LogP contribution in [-0.2, 0) is 5.41 Å². The number of aromatic nitrogens is 1. The summed E-state index contributed by atoms with van der Waals surface area (Å²) in [7, 11) is 0. The van der Waals surface area contributed by atoms with Crippen LogP contribution in [0.5, 0.6) is 0 Å². The van der Waals surface area contributed by atoms with Crippen LogP contribution in [0.25, 0.3) is 82.4 Å². The van der Waals surface area contributed by atoms with Crippen LogP contribution in [0.1, 0.15) is 22.3 Å². The molecule has 11 aromatic carbocycles. The van der Waals surface area contributed by atoms with E-state index in [0.29, 0.717) is 0 Å². The van der Waals surface area contributed by atoms with E-state index in [2.05, 4.69) is 252 Å². The maximum absolute atomic E-state index is 2.56. The monoisotopic (exact) mass is 824 g/mol. The zero-order chi connectivity index (χ0) is 42.6. The molecule has 0 amide bonds. The summed E-state index contributed by atoms with van der Waals surface area (Å²) in [5, 5.41) is 7.60. The number of anilines is 3. The van der Waals surface area contributed by atoms with E-state index in [0.717, 1.165) is 28.2 Å². The van der Waals surface area contributed by atoms with Crippen LogP contribution in [0.3, 0.4) is 0 Å². The smallest absolute Gasteiger partial charge is 0.0754 e. The predicted octanol–water partition coefficient (Wildman–Crippen LogP) is 16.6. The van der Waals surface area contributed by atoms with Crippen molar-refractivity contribution in [1.82, 2.24) is 4.57 Å². The Balaban J connectivity index is 0.994.